The Morgan fingerprint density at radius 2 is 1.57 bits per heavy atom. The van der Waals surface area contributed by atoms with Crippen molar-refractivity contribution < 1.29 is 19.1 Å². The summed E-state index contributed by atoms with van der Waals surface area (Å²) in [5, 5.41) is 0.124. The van der Waals surface area contributed by atoms with Crippen LogP contribution in [-0.4, -0.2) is 24.6 Å². The zero-order chi connectivity index (χ0) is 20.8. The molecular formula is C22H34ClNO4. The van der Waals surface area contributed by atoms with E-state index in [9.17, 15) is 9.59 Å². The molecule has 158 valence electrons. The molecule has 0 fully saturated rings. The fourth-order valence-electron chi connectivity index (χ4n) is 2.86. The Morgan fingerprint density at radius 1 is 1.00 bits per heavy atom. The summed E-state index contributed by atoms with van der Waals surface area (Å²) in [6, 6.07) is 4.69. The van der Waals surface area contributed by atoms with Crippen LogP contribution in [0.2, 0.25) is 5.02 Å². The molecule has 1 aromatic rings. The maximum absolute atomic E-state index is 12.1. The van der Waals surface area contributed by atoms with Crippen molar-refractivity contribution in [1.29, 1.82) is 0 Å². The molecule has 0 aliphatic rings. The Labute approximate surface area is 173 Å². The second kappa shape index (κ2) is 14.3. The first-order valence-corrected chi connectivity index (χ1v) is 10.8. The summed E-state index contributed by atoms with van der Waals surface area (Å²) in [7, 11) is 0. The van der Waals surface area contributed by atoms with Gasteiger partial charge >= 0.3 is 11.9 Å². The van der Waals surface area contributed by atoms with E-state index in [1.54, 1.807) is 12.1 Å². The molecule has 1 atom stereocenters. The number of anilines is 1. The molecule has 0 spiro atoms. The van der Waals surface area contributed by atoms with Gasteiger partial charge in [0.1, 0.15) is 0 Å². The lowest BCUT2D eigenvalue weighted by molar-refractivity contribution is -0.153. The standard InChI is InChI=1S/C22H34ClNO4/c1-3-4-5-6-7-8-9-10-11-12-16-27-21(25)17(2)28-22(26)18-14-13-15-19(24)20(18)23/h13-15,17H,3-12,16,24H2,1-2H3. The minimum absolute atomic E-state index is 0.124. The predicted molar refractivity (Wildman–Crippen MR) is 114 cm³/mol. The summed E-state index contributed by atoms with van der Waals surface area (Å²) < 4.78 is 10.3. The van der Waals surface area contributed by atoms with Crippen molar-refractivity contribution in [2.45, 2.75) is 84.2 Å². The smallest absolute Gasteiger partial charge is 0.347 e. The van der Waals surface area contributed by atoms with E-state index in [2.05, 4.69) is 6.92 Å². The van der Waals surface area contributed by atoms with E-state index in [1.165, 1.54) is 57.9 Å². The number of carbonyl (C=O) groups excluding carboxylic acids is 2. The van der Waals surface area contributed by atoms with E-state index in [0.717, 1.165) is 19.3 Å². The van der Waals surface area contributed by atoms with Crippen LogP contribution in [0.15, 0.2) is 18.2 Å². The minimum atomic E-state index is -0.992. The maximum Gasteiger partial charge on any atom is 0.347 e. The van der Waals surface area contributed by atoms with Crippen molar-refractivity contribution in [2.24, 2.45) is 0 Å². The second-order valence-corrected chi connectivity index (χ2v) is 7.48. The molecule has 0 amide bonds. The van der Waals surface area contributed by atoms with Gasteiger partial charge in [0.2, 0.25) is 0 Å². The van der Waals surface area contributed by atoms with E-state index in [1.807, 2.05) is 0 Å². The lowest BCUT2D eigenvalue weighted by Crippen LogP contribution is -2.26. The highest BCUT2D eigenvalue weighted by molar-refractivity contribution is 6.36. The van der Waals surface area contributed by atoms with Crippen LogP contribution < -0.4 is 5.73 Å². The van der Waals surface area contributed by atoms with Crippen molar-refractivity contribution in [2.75, 3.05) is 12.3 Å². The largest absolute Gasteiger partial charge is 0.463 e. The molecule has 1 rings (SSSR count). The van der Waals surface area contributed by atoms with Crippen molar-refractivity contribution in [3.05, 3.63) is 28.8 Å². The zero-order valence-electron chi connectivity index (χ0n) is 17.2. The lowest BCUT2D eigenvalue weighted by atomic mass is 10.1. The molecule has 1 aromatic carbocycles. The number of hydrogen-bond donors (Lipinski definition) is 1. The first-order chi connectivity index (χ1) is 13.5. The first-order valence-electron chi connectivity index (χ1n) is 10.4. The summed E-state index contributed by atoms with van der Waals surface area (Å²) in [5.41, 5.74) is 6.09. The molecule has 2 N–H and O–H groups in total. The fraction of sp³-hybridized carbons (Fsp3) is 0.636. The van der Waals surface area contributed by atoms with Gasteiger partial charge in [0.05, 0.1) is 22.9 Å². The molecule has 28 heavy (non-hydrogen) atoms. The number of nitrogen functional groups attached to an aromatic ring is 1. The maximum atomic E-state index is 12.1. The third-order valence-corrected chi connectivity index (χ3v) is 5.03. The van der Waals surface area contributed by atoms with Gasteiger partial charge in [-0.1, -0.05) is 82.4 Å². The molecule has 0 bridgehead atoms. The normalized spacial score (nSPS) is 11.8. The number of rotatable bonds is 14. The highest BCUT2D eigenvalue weighted by atomic mass is 35.5. The third-order valence-electron chi connectivity index (χ3n) is 4.61. The van der Waals surface area contributed by atoms with Crippen LogP contribution in [0.3, 0.4) is 0 Å². The molecule has 1 unspecified atom stereocenters. The summed E-state index contributed by atoms with van der Waals surface area (Å²) in [4.78, 5) is 24.1. The van der Waals surface area contributed by atoms with Gasteiger partial charge in [0, 0.05) is 0 Å². The number of ether oxygens (including phenoxy) is 2. The monoisotopic (exact) mass is 411 g/mol. The third kappa shape index (κ3) is 9.45. The second-order valence-electron chi connectivity index (χ2n) is 7.11. The summed E-state index contributed by atoms with van der Waals surface area (Å²) >= 11 is 6.00. The minimum Gasteiger partial charge on any atom is -0.463 e. The lowest BCUT2D eigenvalue weighted by Gasteiger charge is -2.13. The number of halogens is 1. The first kappa shape index (κ1) is 24.3. The molecular weight excluding hydrogens is 378 g/mol. The molecule has 0 saturated heterocycles. The number of hydrogen-bond acceptors (Lipinski definition) is 5. The van der Waals surface area contributed by atoms with Crippen LogP contribution in [0.1, 0.15) is 88.4 Å². The van der Waals surface area contributed by atoms with Crippen LogP contribution >= 0.6 is 11.6 Å². The molecule has 5 nitrogen and oxygen atoms in total. The number of unbranched alkanes of at least 4 members (excludes halogenated alkanes) is 9. The van der Waals surface area contributed by atoms with Crippen molar-refractivity contribution in [3.63, 3.8) is 0 Å². The van der Waals surface area contributed by atoms with Gasteiger partial charge in [-0.05, 0) is 25.5 Å². The van der Waals surface area contributed by atoms with Crippen LogP contribution in [0, 0.1) is 0 Å². The Hall–Kier alpha value is -1.75. The van der Waals surface area contributed by atoms with Gasteiger partial charge in [-0.2, -0.15) is 0 Å². The van der Waals surface area contributed by atoms with Crippen LogP contribution in [0.4, 0.5) is 5.69 Å². The van der Waals surface area contributed by atoms with E-state index in [-0.39, 0.29) is 16.3 Å². The average molecular weight is 412 g/mol. The van der Waals surface area contributed by atoms with Gasteiger partial charge in [0.15, 0.2) is 6.10 Å². The predicted octanol–water partition coefficient (Wildman–Crippen LogP) is 5.93. The average Bonchev–Trinajstić information content (AvgIpc) is 2.67. The quantitative estimate of drug-likeness (QED) is 0.233. The number of benzene rings is 1. The van der Waals surface area contributed by atoms with E-state index < -0.39 is 18.0 Å². The highest BCUT2D eigenvalue weighted by Crippen LogP contribution is 2.24. The Kier molecular flexibility index (Phi) is 12.4. The molecule has 0 aliphatic carbocycles. The molecule has 0 aromatic heterocycles. The molecule has 6 heteroatoms. The molecule has 0 saturated carbocycles. The molecule has 0 aliphatic heterocycles. The van der Waals surface area contributed by atoms with Gasteiger partial charge in [-0.25, -0.2) is 9.59 Å². The number of esters is 2. The Morgan fingerprint density at radius 3 is 2.18 bits per heavy atom. The zero-order valence-corrected chi connectivity index (χ0v) is 17.9. The van der Waals surface area contributed by atoms with E-state index in [4.69, 9.17) is 26.8 Å². The summed E-state index contributed by atoms with van der Waals surface area (Å²) in [6.45, 7) is 4.06. The number of nitrogens with two attached hydrogens (primary N) is 1. The van der Waals surface area contributed by atoms with Gasteiger partial charge in [-0.15, -0.1) is 0 Å². The SMILES string of the molecule is CCCCCCCCCCCCOC(=O)C(C)OC(=O)c1cccc(N)c1Cl. The van der Waals surface area contributed by atoms with Gasteiger partial charge in [-0.3, -0.25) is 0 Å². The van der Waals surface area contributed by atoms with Crippen molar-refractivity contribution in [1.82, 2.24) is 0 Å². The highest BCUT2D eigenvalue weighted by Gasteiger charge is 2.22. The molecule has 0 radical (unpaired) electrons. The van der Waals surface area contributed by atoms with E-state index >= 15 is 0 Å². The van der Waals surface area contributed by atoms with Gasteiger partial charge < -0.3 is 15.2 Å². The van der Waals surface area contributed by atoms with E-state index in [0.29, 0.717) is 6.61 Å². The Balaban J connectivity index is 2.13. The van der Waals surface area contributed by atoms with Crippen LogP contribution in [-0.2, 0) is 14.3 Å². The fourth-order valence-corrected chi connectivity index (χ4v) is 3.06. The van der Waals surface area contributed by atoms with Crippen molar-refractivity contribution in [3.8, 4) is 0 Å². The number of carbonyl (C=O) groups is 2. The Bertz CT molecular complexity index is 606. The topological polar surface area (TPSA) is 78.6 Å². The molecule has 0 heterocycles. The van der Waals surface area contributed by atoms with Crippen LogP contribution in [0.5, 0.6) is 0 Å². The van der Waals surface area contributed by atoms with Crippen LogP contribution in [0.25, 0.3) is 0 Å². The summed E-state index contributed by atoms with van der Waals surface area (Å²) in [6.07, 6.45) is 11.2. The summed E-state index contributed by atoms with van der Waals surface area (Å²) in [5.74, 6) is -1.25. The van der Waals surface area contributed by atoms with Crippen molar-refractivity contribution >= 4 is 29.2 Å². The van der Waals surface area contributed by atoms with Gasteiger partial charge in [0.25, 0.3) is 0 Å².